The van der Waals surface area contributed by atoms with Crippen LogP contribution in [0, 0.1) is 0 Å². The van der Waals surface area contributed by atoms with Crippen molar-refractivity contribution in [3.05, 3.63) is 0 Å². The topological polar surface area (TPSA) is 107 Å². The minimum Gasteiger partial charge on any atom is -0.756 e. The predicted molar refractivity (Wildman–Crippen MR) is 54.4 cm³/mol. The molecule has 0 aromatic heterocycles. The first kappa shape index (κ1) is 22.3. The molecule has 0 aromatic rings. The molecule has 0 radical (unpaired) electrons. The van der Waals surface area contributed by atoms with Gasteiger partial charge in [0.05, 0.1) is 0 Å². The minimum absolute atomic E-state index is 0. The minimum atomic E-state index is -4.89. The van der Waals surface area contributed by atoms with E-state index in [1.165, 1.54) is 6.92 Å². The van der Waals surface area contributed by atoms with Gasteiger partial charge >= 0.3 is 125 Å². The summed E-state index contributed by atoms with van der Waals surface area (Å²) in [4.78, 5) is 33.4. The molecule has 0 rings (SSSR count). The normalized spacial score (nSPS) is 13.5. The van der Waals surface area contributed by atoms with E-state index in [0.29, 0.717) is 0 Å². The van der Waals surface area contributed by atoms with Crippen LogP contribution in [0.1, 0.15) is 6.92 Å². The SMILES string of the molecule is CC(=O)OP(C)(C)(C)C.O=P([O-])(O)O.[Cs+]. The van der Waals surface area contributed by atoms with Crippen LogP contribution >= 0.6 is 14.7 Å². The van der Waals surface area contributed by atoms with Crippen molar-refractivity contribution in [2.75, 3.05) is 26.7 Å². The van der Waals surface area contributed by atoms with E-state index in [2.05, 4.69) is 0 Å². The summed E-state index contributed by atoms with van der Waals surface area (Å²) < 4.78 is 13.9. The summed E-state index contributed by atoms with van der Waals surface area (Å²) in [6.07, 6.45) is 0. The molecule has 88 valence electrons. The Hall–Kier alpha value is 2.06. The molecule has 0 unspecified atom stereocenters. The molecule has 9 heteroatoms. The van der Waals surface area contributed by atoms with Gasteiger partial charge in [-0.3, -0.25) is 4.57 Å². The average Bonchev–Trinajstić information content (AvgIpc) is 1.43. The van der Waals surface area contributed by atoms with Crippen molar-refractivity contribution < 1.29 is 97.5 Å². The number of carbonyl (C=O) groups excluding carboxylic acids is 1. The second kappa shape index (κ2) is 7.49. The standard InChI is InChI=1S/C6H15O2P.Cs.H3O4P/c1-6(7)8-9(2,3,4)5;;1-5(2,3)4/h1-5H3;;(H3,1,2,3,4)/q;+1;/p-1. The Bertz CT molecular complexity index is 235. The van der Waals surface area contributed by atoms with Crippen LogP contribution in [0.4, 0.5) is 0 Å². The number of hydrogen-bond acceptors (Lipinski definition) is 4. The fourth-order valence-corrected chi connectivity index (χ4v) is 1.54. The van der Waals surface area contributed by atoms with Gasteiger partial charge in [0.1, 0.15) is 0 Å². The van der Waals surface area contributed by atoms with Crippen molar-refractivity contribution in [3.8, 4) is 0 Å². The summed E-state index contributed by atoms with van der Waals surface area (Å²) in [7, 11) is -4.89. The zero-order chi connectivity index (χ0) is 12.2. The van der Waals surface area contributed by atoms with E-state index in [9.17, 15) is 4.79 Å². The molecule has 0 amide bonds. The quantitative estimate of drug-likeness (QED) is 0.470. The van der Waals surface area contributed by atoms with Gasteiger partial charge in [-0.1, -0.05) is 0 Å². The summed E-state index contributed by atoms with van der Waals surface area (Å²) in [5.41, 5.74) is 0. The van der Waals surface area contributed by atoms with Crippen LogP contribution in [0.15, 0.2) is 0 Å². The van der Waals surface area contributed by atoms with Gasteiger partial charge in [-0.15, -0.1) is 0 Å². The number of phosphoric acid groups is 1. The molecule has 0 atom stereocenters. The van der Waals surface area contributed by atoms with Gasteiger partial charge in [0.15, 0.2) is 0 Å². The Labute approximate surface area is 149 Å². The van der Waals surface area contributed by atoms with Crippen molar-refractivity contribution >= 4 is 20.6 Å². The molecule has 0 fully saturated rings. The fourth-order valence-electron chi connectivity index (χ4n) is 0.514. The molecule has 0 heterocycles. The zero-order valence-electron chi connectivity index (χ0n) is 9.92. The van der Waals surface area contributed by atoms with Crippen LogP contribution in [0.2, 0.25) is 0 Å². The Morgan fingerprint density at radius 1 is 1.27 bits per heavy atom. The predicted octanol–water partition coefficient (Wildman–Crippen LogP) is -3.02. The van der Waals surface area contributed by atoms with Gasteiger partial charge in [-0.25, -0.2) is 0 Å². The summed E-state index contributed by atoms with van der Waals surface area (Å²) in [6.45, 7) is 7.40. The van der Waals surface area contributed by atoms with Gasteiger partial charge in [0.25, 0.3) is 7.82 Å². The van der Waals surface area contributed by atoms with E-state index in [1.807, 2.05) is 26.7 Å². The van der Waals surface area contributed by atoms with Crippen LogP contribution in [0.3, 0.4) is 0 Å². The van der Waals surface area contributed by atoms with Crippen LogP contribution in [-0.2, 0) is 13.9 Å². The maximum absolute atomic E-state index is 10.5. The van der Waals surface area contributed by atoms with Gasteiger partial charge in [0.2, 0.25) is 0 Å². The Morgan fingerprint density at radius 3 is 1.47 bits per heavy atom. The number of rotatable bonds is 1. The van der Waals surface area contributed by atoms with E-state index >= 15 is 0 Å². The van der Waals surface area contributed by atoms with E-state index in [0.717, 1.165) is 0 Å². The third kappa shape index (κ3) is 48.9. The first-order valence-corrected chi connectivity index (χ1v) is 9.12. The molecule has 0 aromatic carbocycles. The molecule has 0 saturated carbocycles. The largest absolute Gasteiger partial charge is 1.00 e. The molecule has 0 saturated heterocycles. The molecule has 0 aliphatic heterocycles. The maximum atomic E-state index is 10.5. The third-order valence-corrected chi connectivity index (χ3v) is 1.48. The van der Waals surface area contributed by atoms with Gasteiger partial charge < -0.3 is 14.7 Å². The van der Waals surface area contributed by atoms with Crippen LogP contribution in [-0.4, -0.2) is 42.4 Å². The molecule has 0 aliphatic rings. The second-order valence-electron chi connectivity index (χ2n) is 4.49. The zero-order valence-corrected chi connectivity index (χ0v) is 18.0. The number of carbonyl (C=O) groups is 1. The first-order chi connectivity index (χ1) is 5.67. The third-order valence-electron chi connectivity index (χ3n) is 0.494. The molecule has 15 heavy (non-hydrogen) atoms. The van der Waals surface area contributed by atoms with Crippen molar-refractivity contribution in [3.63, 3.8) is 0 Å². The van der Waals surface area contributed by atoms with Crippen LogP contribution in [0.5, 0.6) is 0 Å². The maximum Gasteiger partial charge on any atom is 1.00 e. The molecule has 0 bridgehead atoms. The Morgan fingerprint density at radius 2 is 1.47 bits per heavy atom. The van der Waals surface area contributed by atoms with E-state index in [1.54, 1.807) is 0 Å². The molecular formula is C6H17CsO6P2. The molecule has 6 nitrogen and oxygen atoms in total. The van der Waals surface area contributed by atoms with Crippen molar-refractivity contribution in [2.45, 2.75) is 6.92 Å². The van der Waals surface area contributed by atoms with Gasteiger partial charge in [-0.05, 0) is 0 Å². The summed E-state index contributed by atoms with van der Waals surface area (Å²) in [5, 5.41) is 0. The van der Waals surface area contributed by atoms with Crippen molar-refractivity contribution in [1.82, 2.24) is 0 Å². The molecule has 0 spiro atoms. The Kier molecular flexibility index (Phi) is 11.1. The Balaban J connectivity index is -0.000000208. The fraction of sp³-hybridized carbons (Fsp3) is 0.833. The van der Waals surface area contributed by atoms with Crippen LogP contribution < -0.4 is 73.8 Å². The smallest absolute Gasteiger partial charge is 0.756 e. The molecular weight excluding hydrogens is 363 g/mol. The molecule has 2 N–H and O–H groups in total. The van der Waals surface area contributed by atoms with E-state index in [-0.39, 0.29) is 74.9 Å². The van der Waals surface area contributed by atoms with Crippen molar-refractivity contribution in [2.24, 2.45) is 0 Å². The second-order valence-corrected chi connectivity index (χ2v) is 12.5. The van der Waals surface area contributed by atoms with Gasteiger partial charge in [-0.2, -0.15) is 0 Å². The summed E-state index contributed by atoms with van der Waals surface area (Å²) in [6, 6.07) is 0. The summed E-state index contributed by atoms with van der Waals surface area (Å²) in [5.74, 6) is -0.178. The van der Waals surface area contributed by atoms with Crippen LogP contribution in [0.25, 0.3) is 0 Å². The van der Waals surface area contributed by atoms with E-state index < -0.39 is 14.7 Å². The van der Waals surface area contributed by atoms with E-state index in [4.69, 9.17) is 23.8 Å². The average molecular weight is 380 g/mol. The molecule has 0 aliphatic carbocycles. The first-order valence-electron chi connectivity index (χ1n) is 3.64. The summed E-state index contributed by atoms with van der Waals surface area (Å²) >= 11 is 0. The number of hydrogen-bond donors (Lipinski definition) is 2. The monoisotopic (exact) mass is 380 g/mol. The van der Waals surface area contributed by atoms with Crippen molar-refractivity contribution in [1.29, 1.82) is 0 Å². The van der Waals surface area contributed by atoms with Gasteiger partial charge in [0, 0.05) is 0 Å².